The van der Waals surface area contributed by atoms with E-state index in [-0.39, 0.29) is 5.78 Å². The standard InChI is InChI=1S/C6H8N2OS/c1-2-4(9)5-3-8-6(7)10-5/h3H,2H2,1H3,(H2,7,8). The van der Waals surface area contributed by atoms with Gasteiger partial charge < -0.3 is 5.73 Å². The number of hydrogen-bond acceptors (Lipinski definition) is 4. The highest BCUT2D eigenvalue weighted by molar-refractivity contribution is 7.17. The van der Waals surface area contributed by atoms with Crippen molar-refractivity contribution in [1.29, 1.82) is 0 Å². The number of nitrogen functional groups attached to an aromatic ring is 1. The minimum Gasteiger partial charge on any atom is -0.375 e. The molecule has 1 aromatic heterocycles. The van der Waals surface area contributed by atoms with E-state index in [4.69, 9.17) is 5.73 Å². The number of rotatable bonds is 2. The van der Waals surface area contributed by atoms with Crippen LogP contribution in [0.5, 0.6) is 0 Å². The molecule has 0 radical (unpaired) electrons. The topological polar surface area (TPSA) is 56.0 Å². The van der Waals surface area contributed by atoms with Crippen LogP contribution < -0.4 is 5.73 Å². The predicted octanol–water partition coefficient (Wildman–Crippen LogP) is 1.32. The van der Waals surface area contributed by atoms with Gasteiger partial charge in [-0.1, -0.05) is 18.3 Å². The Kier molecular flexibility index (Phi) is 2.01. The molecule has 0 aliphatic carbocycles. The third kappa shape index (κ3) is 1.33. The molecular formula is C6H8N2OS. The summed E-state index contributed by atoms with van der Waals surface area (Å²) >= 11 is 1.24. The molecule has 1 heterocycles. The van der Waals surface area contributed by atoms with Gasteiger partial charge in [-0.2, -0.15) is 0 Å². The summed E-state index contributed by atoms with van der Waals surface area (Å²) in [5.74, 6) is 0.106. The van der Waals surface area contributed by atoms with Crippen molar-refractivity contribution in [3.05, 3.63) is 11.1 Å². The SMILES string of the molecule is CCC(=O)c1cnc(N)s1. The minimum atomic E-state index is 0.106. The number of carbonyl (C=O) groups excluding carboxylic acids is 1. The molecule has 0 aliphatic heterocycles. The second-order valence-electron chi connectivity index (χ2n) is 1.84. The molecule has 4 heteroatoms. The van der Waals surface area contributed by atoms with Crippen LogP contribution in [0.25, 0.3) is 0 Å². The van der Waals surface area contributed by atoms with Gasteiger partial charge in [0.25, 0.3) is 0 Å². The van der Waals surface area contributed by atoms with Gasteiger partial charge in [0.1, 0.15) is 0 Å². The first kappa shape index (κ1) is 7.21. The third-order valence-electron chi connectivity index (χ3n) is 1.12. The van der Waals surface area contributed by atoms with Gasteiger partial charge in [-0.15, -0.1) is 0 Å². The van der Waals surface area contributed by atoms with Crippen molar-refractivity contribution in [3.63, 3.8) is 0 Å². The fraction of sp³-hybridized carbons (Fsp3) is 0.333. The fourth-order valence-corrected chi connectivity index (χ4v) is 1.29. The van der Waals surface area contributed by atoms with Crippen LogP contribution in [0, 0.1) is 0 Å². The Bertz CT molecular complexity index is 244. The normalized spacial score (nSPS) is 9.70. The molecular weight excluding hydrogens is 148 g/mol. The zero-order valence-electron chi connectivity index (χ0n) is 5.63. The number of thiazole rings is 1. The molecule has 0 saturated carbocycles. The largest absolute Gasteiger partial charge is 0.375 e. The summed E-state index contributed by atoms with van der Waals surface area (Å²) < 4.78 is 0. The van der Waals surface area contributed by atoms with E-state index in [9.17, 15) is 4.79 Å². The summed E-state index contributed by atoms with van der Waals surface area (Å²) in [5, 5.41) is 0.455. The highest BCUT2D eigenvalue weighted by atomic mass is 32.1. The number of aromatic nitrogens is 1. The van der Waals surface area contributed by atoms with Crippen LogP contribution in [0.15, 0.2) is 6.20 Å². The van der Waals surface area contributed by atoms with Gasteiger partial charge >= 0.3 is 0 Å². The monoisotopic (exact) mass is 156 g/mol. The summed E-state index contributed by atoms with van der Waals surface area (Å²) in [6.07, 6.45) is 2.04. The molecule has 1 rings (SSSR count). The Morgan fingerprint density at radius 3 is 3.00 bits per heavy atom. The third-order valence-corrected chi connectivity index (χ3v) is 1.99. The number of nitrogens with zero attached hydrogens (tertiary/aromatic N) is 1. The molecule has 54 valence electrons. The molecule has 0 aromatic carbocycles. The van der Waals surface area contributed by atoms with Crippen molar-refractivity contribution in [1.82, 2.24) is 4.98 Å². The lowest BCUT2D eigenvalue weighted by Gasteiger charge is -1.85. The van der Waals surface area contributed by atoms with E-state index in [1.54, 1.807) is 0 Å². The Balaban J connectivity index is 2.85. The van der Waals surface area contributed by atoms with E-state index in [2.05, 4.69) is 4.98 Å². The molecule has 0 spiro atoms. The van der Waals surface area contributed by atoms with Crippen LogP contribution in [0.2, 0.25) is 0 Å². The van der Waals surface area contributed by atoms with E-state index in [1.807, 2.05) is 6.92 Å². The van der Waals surface area contributed by atoms with Crippen molar-refractivity contribution in [2.24, 2.45) is 0 Å². The molecule has 1 aromatic rings. The maximum atomic E-state index is 10.9. The molecule has 0 fully saturated rings. The molecule has 2 N–H and O–H groups in total. The van der Waals surface area contributed by atoms with E-state index >= 15 is 0 Å². The zero-order chi connectivity index (χ0) is 7.56. The van der Waals surface area contributed by atoms with E-state index < -0.39 is 0 Å². The van der Waals surface area contributed by atoms with E-state index in [0.717, 1.165) is 0 Å². The van der Waals surface area contributed by atoms with Gasteiger partial charge in [0.05, 0.1) is 11.1 Å². The summed E-state index contributed by atoms with van der Waals surface area (Å²) in [4.78, 5) is 15.4. The van der Waals surface area contributed by atoms with Crippen molar-refractivity contribution >= 4 is 22.3 Å². The first-order valence-corrected chi connectivity index (χ1v) is 3.80. The molecule has 0 aliphatic rings. The van der Waals surface area contributed by atoms with Crippen molar-refractivity contribution in [3.8, 4) is 0 Å². The van der Waals surface area contributed by atoms with Crippen LogP contribution in [0.1, 0.15) is 23.0 Å². The lowest BCUT2D eigenvalue weighted by atomic mass is 10.3. The van der Waals surface area contributed by atoms with Gasteiger partial charge in [-0.3, -0.25) is 4.79 Å². The average Bonchev–Trinajstić information content (AvgIpc) is 2.34. The summed E-state index contributed by atoms with van der Waals surface area (Å²) in [6, 6.07) is 0. The van der Waals surface area contributed by atoms with Crippen molar-refractivity contribution < 1.29 is 4.79 Å². The van der Waals surface area contributed by atoms with Crippen LogP contribution >= 0.6 is 11.3 Å². The molecule has 0 bridgehead atoms. The Morgan fingerprint density at radius 2 is 2.60 bits per heavy atom. The summed E-state index contributed by atoms with van der Waals surface area (Å²) in [6.45, 7) is 1.82. The maximum Gasteiger partial charge on any atom is 0.180 e. The number of anilines is 1. The van der Waals surface area contributed by atoms with Gasteiger partial charge in [0.15, 0.2) is 10.9 Å². The first-order valence-electron chi connectivity index (χ1n) is 2.98. The number of nitrogens with two attached hydrogens (primary N) is 1. The number of hydrogen-bond donors (Lipinski definition) is 1. The molecule has 0 atom stereocenters. The Hall–Kier alpha value is -0.900. The van der Waals surface area contributed by atoms with Gasteiger partial charge in [0, 0.05) is 6.42 Å². The first-order chi connectivity index (χ1) is 4.74. The summed E-state index contributed by atoms with van der Waals surface area (Å²) in [5.41, 5.74) is 5.33. The molecule has 3 nitrogen and oxygen atoms in total. The lowest BCUT2D eigenvalue weighted by molar-refractivity contribution is 0.0992. The van der Waals surface area contributed by atoms with Gasteiger partial charge in [0.2, 0.25) is 0 Å². The molecule has 0 unspecified atom stereocenters. The highest BCUT2D eigenvalue weighted by Gasteiger charge is 2.05. The van der Waals surface area contributed by atoms with Gasteiger partial charge in [-0.05, 0) is 0 Å². The van der Waals surface area contributed by atoms with E-state index in [1.165, 1.54) is 17.5 Å². The van der Waals surface area contributed by atoms with Crippen LogP contribution in [0.3, 0.4) is 0 Å². The summed E-state index contributed by atoms with van der Waals surface area (Å²) in [7, 11) is 0. The van der Waals surface area contributed by atoms with Crippen LogP contribution in [-0.4, -0.2) is 10.8 Å². The molecule has 0 saturated heterocycles. The second kappa shape index (κ2) is 2.79. The number of carbonyl (C=O) groups is 1. The maximum absolute atomic E-state index is 10.9. The predicted molar refractivity (Wildman–Crippen MR) is 41.1 cm³/mol. The number of ketones is 1. The zero-order valence-corrected chi connectivity index (χ0v) is 6.44. The second-order valence-corrected chi connectivity index (χ2v) is 2.90. The van der Waals surface area contributed by atoms with Crippen LogP contribution in [0.4, 0.5) is 5.13 Å². The molecule has 10 heavy (non-hydrogen) atoms. The Morgan fingerprint density at radius 1 is 1.90 bits per heavy atom. The quantitative estimate of drug-likeness (QED) is 0.657. The number of Topliss-reactive ketones (excluding diaryl/α,β-unsaturated/α-hetero) is 1. The molecule has 0 amide bonds. The van der Waals surface area contributed by atoms with Crippen molar-refractivity contribution in [2.45, 2.75) is 13.3 Å². The van der Waals surface area contributed by atoms with Gasteiger partial charge in [-0.25, -0.2) is 4.98 Å². The average molecular weight is 156 g/mol. The minimum absolute atomic E-state index is 0.106. The Labute approximate surface area is 62.9 Å². The van der Waals surface area contributed by atoms with E-state index in [0.29, 0.717) is 16.4 Å². The van der Waals surface area contributed by atoms with Crippen molar-refractivity contribution in [2.75, 3.05) is 5.73 Å². The smallest absolute Gasteiger partial charge is 0.180 e. The fourth-order valence-electron chi connectivity index (χ4n) is 0.591. The highest BCUT2D eigenvalue weighted by Crippen LogP contribution is 2.15. The lowest BCUT2D eigenvalue weighted by Crippen LogP contribution is -1.90. The van der Waals surface area contributed by atoms with Crippen LogP contribution in [-0.2, 0) is 0 Å².